The second kappa shape index (κ2) is 6.84. The van der Waals surface area contributed by atoms with Gasteiger partial charge >= 0.3 is 0 Å². The van der Waals surface area contributed by atoms with Crippen LogP contribution in [0.1, 0.15) is 24.6 Å². The van der Waals surface area contributed by atoms with E-state index in [0.29, 0.717) is 30.3 Å². The van der Waals surface area contributed by atoms with Gasteiger partial charge < -0.3 is 9.64 Å². The van der Waals surface area contributed by atoms with Gasteiger partial charge in [0.05, 0.1) is 18.7 Å². The van der Waals surface area contributed by atoms with Crippen LogP contribution < -0.4 is 0 Å². The first-order valence-electron chi connectivity index (χ1n) is 8.01. The van der Waals surface area contributed by atoms with Crippen molar-refractivity contribution in [2.24, 2.45) is 5.92 Å². The van der Waals surface area contributed by atoms with Crippen molar-refractivity contribution in [2.75, 3.05) is 33.4 Å². The minimum atomic E-state index is -0.192. The quantitative estimate of drug-likeness (QED) is 0.775. The lowest BCUT2D eigenvalue weighted by Crippen LogP contribution is -2.40. The smallest absolute Gasteiger partial charge is 0.277 e. The molecule has 1 unspecified atom stereocenters. The first kappa shape index (κ1) is 16.2. The Hall–Kier alpha value is -1.66. The minimum absolute atomic E-state index is 0.176. The third kappa shape index (κ3) is 3.05. The van der Waals surface area contributed by atoms with Crippen molar-refractivity contribution < 1.29 is 14.3 Å². The van der Waals surface area contributed by atoms with Gasteiger partial charge in [0.1, 0.15) is 5.70 Å². The van der Waals surface area contributed by atoms with Gasteiger partial charge in [-0.15, -0.1) is 11.3 Å². The second-order valence-electron chi connectivity index (χ2n) is 6.15. The molecule has 5 nitrogen and oxygen atoms in total. The molecular weight excluding hydrogens is 312 g/mol. The summed E-state index contributed by atoms with van der Waals surface area (Å²) >= 11 is 1.50. The Labute approximate surface area is 140 Å². The number of nitrogens with zero attached hydrogens (tertiary/aromatic N) is 2. The summed E-state index contributed by atoms with van der Waals surface area (Å²) in [5.74, 6) is 0.170. The molecule has 0 radical (unpaired) electrons. The number of methoxy groups -OCH3 is 1. The molecule has 0 aromatic carbocycles. The number of carbonyl (C=O) groups excluding carboxylic acids is 2. The Kier molecular flexibility index (Phi) is 4.82. The van der Waals surface area contributed by atoms with E-state index in [-0.39, 0.29) is 11.8 Å². The highest BCUT2D eigenvalue weighted by Crippen LogP contribution is 2.35. The maximum atomic E-state index is 12.9. The molecule has 1 atom stereocenters. The molecule has 1 saturated heterocycles. The average molecular weight is 334 g/mol. The fraction of sp³-hybridized carbons (Fsp3) is 0.529. The number of ether oxygens (including phenoxy) is 1. The average Bonchev–Trinajstić information content (AvgIpc) is 3.13. The Balaban J connectivity index is 1.98. The van der Waals surface area contributed by atoms with E-state index in [1.54, 1.807) is 7.11 Å². The van der Waals surface area contributed by atoms with Crippen LogP contribution in [0.25, 0.3) is 5.57 Å². The fourth-order valence-electron chi connectivity index (χ4n) is 3.28. The summed E-state index contributed by atoms with van der Waals surface area (Å²) in [4.78, 5) is 30.0. The van der Waals surface area contributed by atoms with Crippen molar-refractivity contribution >= 4 is 28.7 Å². The summed E-state index contributed by atoms with van der Waals surface area (Å²) in [6.45, 7) is 4.53. The first-order valence-corrected chi connectivity index (χ1v) is 8.89. The van der Waals surface area contributed by atoms with E-state index >= 15 is 0 Å². The second-order valence-corrected chi connectivity index (χ2v) is 7.10. The molecule has 0 bridgehead atoms. The van der Waals surface area contributed by atoms with Crippen LogP contribution in [0.3, 0.4) is 0 Å². The first-order chi connectivity index (χ1) is 11.1. The topological polar surface area (TPSA) is 49.9 Å². The number of hydrogen-bond acceptors (Lipinski definition) is 5. The summed E-state index contributed by atoms with van der Waals surface area (Å²) < 4.78 is 5.05. The molecule has 1 fully saturated rings. The van der Waals surface area contributed by atoms with Crippen LogP contribution in [0.5, 0.6) is 0 Å². The zero-order chi connectivity index (χ0) is 16.4. The maximum absolute atomic E-state index is 12.9. The van der Waals surface area contributed by atoms with Crippen LogP contribution in [0.4, 0.5) is 0 Å². The van der Waals surface area contributed by atoms with E-state index in [9.17, 15) is 9.59 Å². The molecule has 6 heteroatoms. The van der Waals surface area contributed by atoms with Gasteiger partial charge in [-0.25, -0.2) is 0 Å². The van der Waals surface area contributed by atoms with Gasteiger partial charge in [-0.2, -0.15) is 0 Å². The maximum Gasteiger partial charge on any atom is 0.277 e. The molecule has 2 aliphatic rings. The molecule has 124 valence electrons. The molecule has 3 heterocycles. The lowest BCUT2D eigenvalue weighted by Gasteiger charge is -2.33. The molecule has 0 spiro atoms. The zero-order valence-corrected chi connectivity index (χ0v) is 14.4. The monoisotopic (exact) mass is 334 g/mol. The third-order valence-electron chi connectivity index (χ3n) is 4.40. The van der Waals surface area contributed by atoms with Crippen LogP contribution >= 0.6 is 11.3 Å². The van der Waals surface area contributed by atoms with E-state index in [1.807, 2.05) is 17.5 Å². The SMILES string of the molecule is COCCN1C(=O)C(c2cccs2)=C(N2CCCC(C)C2)C1=O. The van der Waals surface area contributed by atoms with Gasteiger partial charge in [0.2, 0.25) is 0 Å². The van der Waals surface area contributed by atoms with E-state index in [0.717, 1.165) is 24.4 Å². The Morgan fingerprint density at radius 1 is 1.35 bits per heavy atom. The molecule has 1 aromatic rings. The van der Waals surface area contributed by atoms with Crippen LogP contribution in [-0.4, -0.2) is 55.0 Å². The van der Waals surface area contributed by atoms with Gasteiger partial charge in [-0.1, -0.05) is 13.0 Å². The largest absolute Gasteiger partial charge is 0.383 e. The van der Waals surface area contributed by atoms with Crippen molar-refractivity contribution in [3.63, 3.8) is 0 Å². The van der Waals surface area contributed by atoms with E-state index < -0.39 is 0 Å². The number of likely N-dealkylation sites (tertiary alicyclic amines) is 1. The molecular formula is C17H22N2O3S. The highest BCUT2D eigenvalue weighted by atomic mass is 32.1. The summed E-state index contributed by atoms with van der Waals surface area (Å²) in [5, 5.41) is 1.94. The molecule has 2 aliphatic heterocycles. The van der Waals surface area contributed by atoms with Crippen molar-refractivity contribution in [1.29, 1.82) is 0 Å². The van der Waals surface area contributed by atoms with E-state index in [1.165, 1.54) is 22.7 Å². The third-order valence-corrected chi connectivity index (χ3v) is 5.29. The van der Waals surface area contributed by atoms with Gasteiger partial charge in [0, 0.05) is 25.1 Å². The van der Waals surface area contributed by atoms with E-state index in [2.05, 4.69) is 11.8 Å². The van der Waals surface area contributed by atoms with Crippen LogP contribution in [0, 0.1) is 5.92 Å². The predicted molar refractivity (Wildman–Crippen MR) is 89.8 cm³/mol. The van der Waals surface area contributed by atoms with Crippen molar-refractivity contribution in [3.8, 4) is 0 Å². The van der Waals surface area contributed by atoms with Crippen molar-refractivity contribution in [2.45, 2.75) is 19.8 Å². The van der Waals surface area contributed by atoms with Crippen molar-refractivity contribution in [3.05, 3.63) is 28.1 Å². The molecule has 23 heavy (non-hydrogen) atoms. The number of amides is 2. The molecule has 3 rings (SSSR count). The van der Waals surface area contributed by atoms with Crippen LogP contribution in [0.2, 0.25) is 0 Å². The normalized spacial score (nSPS) is 22.4. The zero-order valence-electron chi connectivity index (χ0n) is 13.6. The van der Waals surface area contributed by atoms with Crippen LogP contribution in [-0.2, 0) is 14.3 Å². The number of imide groups is 1. The number of piperidine rings is 1. The Morgan fingerprint density at radius 2 is 2.17 bits per heavy atom. The fourth-order valence-corrected chi connectivity index (χ4v) is 4.04. The standard InChI is InChI=1S/C17H22N2O3S/c1-12-5-3-7-18(11-12)15-14(13-6-4-10-23-13)16(20)19(17(15)21)8-9-22-2/h4,6,10,12H,3,5,7-9,11H2,1-2H3. The highest BCUT2D eigenvalue weighted by molar-refractivity contribution is 7.11. The van der Waals surface area contributed by atoms with Gasteiger partial charge in [0.25, 0.3) is 11.8 Å². The van der Waals surface area contributed by atoms with Crippen molar-refractivity contribution in [1.82, 2.24) is 9.80 Å². The lowest BCUT2D eigenvalue weighted by molar-refractivity contribution is -0.138. The number of rotatable bonds is 5. The van der Waals surface area contributed by atoms with Gasteiger partial charge in [-0.3, -0.25) is 14.5 Å². The summed E-state index contributed by atoms with van der Waals surface area (Å²) in [7, 11) is 1.58. The van der Waals surface area contributed by atoms with Gasteiger partial charge in [-0.05, 0) is 30.2 Å². The van der Waals surface area contributed by atoms with E-state index in [4.69, 9.17) is 4.74 Å². The molecule has 0 aliphatic carbocycles. The molecule has 1 aromatic heterocycles. The van der Waals surface area contributed by atoms with Crippen LogP contribution in [0.15, 0.2) is 23.2 Å². The number of thiophene rings is 1. The van der Waals surface area contributed by atoms with Gasteiger partial charge in [0.15, 0.2) is 0 Å². The lowest BCUT2D eigenvalue weighted by atomic mass is 9.99. The number of carbonyl (C=O) groups is 2. The predicted octanol–water partition coefficient (Wildman–Crippen LogP) is 2.21. The molecule has 2 amide bonds. The summed E-state index contributed by atoms with van der Waals surface area (Å²) in [6.07, 6.45) is 2.23. The summed E-state index contributed by atoms with van der Waals surface area (Å²) in [6, 6.07) is 3.83. The molecule has 0 saturated carbocycles. The minimum Gasteiger partial charge on any atom is -0.383 e. The Morgan fingerprint density at radius 3 is 2.83 bits per heavy atom. The number of hydrogen-bond donors (Lipinski definition) is 0. The summed E-state index contributed by atoms with van der Waals surface area (Å²) in [5.41, 5.74) is 1.15. The molecule has 0 N–H and O–H groups in total. The Bertz CT molecular complexity index is 624. The highest BCUT2D eigenvalue weighted by Gasteiger charge is 2.42.